The summed E-state index contributed by atoms with van der Waals surface area (Å²) >= 11 is 0. The van der Waals surface area contributed by atoms with Gasteiger partial charge in [-0.25, -0.2) is 4.39 Å². The highest BCUT2D eigenvalue weighted by Gasteiger charge is 2.51. The SMILES string of the molecule is CS(=O)(=O)O[C@H]1CO[C@H]2[C@@H]1OC[C@H]2Oc1cc(F)ccc1[N+](=O)[O-]. The van der Waals surface area contributed by atoms with E-state index in [0.717, 1.165) is 24.5 Å². The van der Waals surface area contributed by atoms with Gasteiger partial charge in [0, 0.05) is 12.1 Å². The summed E-state index contributed by atoms with van der Waals surface area (Å²) in [5.41, 5.74) is -0.387. The maximum Gasteiger partial charge on any atom is 0.311 e. The molecule has 9 nitrogen and oxygen atoms in total. The first-order valence-corrected chi connectivity index (χ1v) is 8.78. The Kier molecular flexibility index (Phi) is 4.42. The number of benzene rings is 1. The van der Waals surface area contributed by atoms with Crippen LogP contribution >= 0.6 is 0 Å². The number of nitrogens with zero attached hydrogens (tertiary/aromatic N) is 1. The first-order chi connectivity index (χ1) is 11.2. The molecule has 2 heterocycles. The maximum atomic E-state index is 13.3. The van der Waals surface area contributed by atoms with Crippen molar-refractivity contribution in [1.29, 1.82) is 0 Å². The third-order valence-electron chi connectivity index (χ3n) is 3.66. The first-order valence-electron chi connectivity index (χ1n) is 6.96. The molecule has 0 amide bonds. The van der Waals surface area contributed by atoms with Gasteiger partial charge in [-0.05, 0) is 6.07 Å². The van der Waals surface area contributed by atoms with Gasteiger partial charge >= 0.3 is 5.69 Å². The Morgan fingerprint density at radius 3 is 2.50 bits per heavy atom. The van der Waals surface area contributed by atoms with Crippen LogP contribution in [-0.4, -0.2) is 57.2 Å². The summed E-state index contributed by atoms with van der Waals surface area (Å²) in [4.78, 5) is 10.3. The average Bonchev–Trinajstić information content (AvgIpc) is 3.01. The minimum Gasteiger partial charge on any atom is -0.478 e. The molecule has 0 N–H and O–H groups in total. The van der Waals surface area contributed by atoms with E-state index in [4.69, 9.17) is 18.4 Å². The number of ether oxygens (including phenoxy) is 3. The van der Waals surface area contributed by atoms with E-state index < -0.39 is 45.3 Å². The van der Waals surface area contributed by atoms with Crippen molar-refractivity contribution in [1.82, 2.24) is 0 Å². The van der Waals surface area contributed by atoms with Crippen LogP contribution in [0.5, 0.6) is 5.75 Å². The van der Waals surface area contributed by atoms with Crippen LogP contribution in [0.3, 0.4) is 0 Å². The molecule has 24 heavy (non-hydrogen) atoms. The number of hydrogen-bond donors (Lipinski definition) is 0. The van der Waals surface area contributed by atoms with Gasteiger partial charge in [0.15, 0.2) is 11.9 Å². The highest BCUT2D eigenvalue weighted by atomic mass is 32.2. The van der Waals surface area contributed by atoms with Gasteiger partial charge in [0.1, 0.15) is 24.1 Å². The fraction of sp³-hybridized carbons (Fsp3) is 0.538. The topological polar surface area (TPSA) is 114 Å². The lowest BCUT2D eigenvalue weighted by atomic mass is 10.1. The summed E-state index contributed by atoms with van der Waals surface area (Å²) in [5.74, 6) is -0.929. The van der Waals surface area contributed by atoms with Crippen LogP contribution in [0, 0.1) is 15.9 Å². The predicted molar refractivity (Wildman–Crippen MR) is 76.7 cm³/mol. The number of rotatable bonds is 5. The Labute approximate surface area is 136 Å². The zero-order valence-corrected chi connectivity index (χ0v) is 13.3. The van der Waals surface area contributed by atoms with Crippen molar-refractivity contribution in [2.45, 2.75) is 24.4 Å². The fourth-order valence-electron chi connectivity index (χ4n) is 2.73. The second-order valence-electron chi connectivity index (χ2n) is 5.46. The van der Waals surface area contributed by atoms with E-state index in [1.807, 2.05) is 0 Å². The standard InChI is InChI=1S/C13H14FNO8S/c1-24(18,19)23-11-6-21-12-10(5-20-13(11)12)22-9-4-7(14)2-3-8(9)15(16)17/h2-4,10-13H,5-6H2,1H3/t10-,11+,12-,13-/m1/s1. The molecule has 0 bridgehead atoms. The number of nitro benzene ring substituents is 1. The molecule has 11 heteroatoms. The highest BCUT2D eigenvalue weighted by molar-refractivity contribution is 7.86. The number of halogens is 1. The summed E-state index contributed by atoms with van der Waals surface area (Å²) < 4.78 is 57.1. The third-order valence-corrected chi connectivity index (χ3v) is 4.25. The second kappa shape index (κ2) is 6.24. The summed E-state index contributed by atoms with van der Waals surface area (Å²) in [6.45, 7) is -0.0138. The molecule has 2 aliphatic rings. The van der Waals surface area contributed by atoms with Gasteiger partial charge in [0.25, 0.3) is 10.1 Å². The Balaban J connectivity index is 1.75. The third kappa shape index (κ3) is 3.48. The molecule has 0 spiro atoms. The summed E-state index contributed by atoms with van der Waals surface area (Å²) in [6.07, 6.45) is -2.00. The molecule has 3 rings (SSSR count). The quantitative estimate of drug-likeness (QED) is 0.425. The molecule has 2 aliphatic heterocycles. The van der Waals surface area contributed by atoms with Gasteiger partial charge in [-0.1, -0.05) is 0 Å². The molecule has 4 atom stereocenters. The molecule has 132 valence electrons. The van der Waals surface area contributed by atoms with Crippen LogP contribution in [0.1, 0.15) is 0 Å². The van der Waals surface area contributed by atoms with Crippen molar-refractivity contribution in [3.63, 3.8) is 0 Å². The summed E-state index contributed by atoms with van der Waals surface area (Å²) in [7, 11) is -3.69. The smallest absolute Gasteiger partial charge is 0.311 e. The molecule has 1 aromatic carbocycles. The van der Waals surface area contributed by atoms with E-state index in [2.05, 4.69) is 0 Å². The van der Waals surface area contributed by atoms with Crippen molar-refractivity contribution in [3.05, 3.63) is 34.1 Å². The van der Waals surface area contributed by atoms with Crippen LogP contribution < -0.4 is 4.74 Å². The molecule has 0 aromatic heterocycles. The van der Waals surface area contributed by atoms with E-state index in [-0.39, 0.29) is 24.7 Å². The second-order valence-corrected chi connectivity index (χ2v) is 7.06. The van der Waals surface area contributed by atoms with E-state index in [1.165, 1.54) is 0 Å². The minimum absolute atomic E-state index is 0.00657. The van der Waals surface area contributed by atoms with Crippen molar-refractivity contribution in [2.75, 3.05) is 19.5 Å². The van der Waals surface area contributed by atoms with Crippen molar-refractivity contribution in [2.24, 2.45) is 0 Å². The van der Waals surface area contributed by atoms with Gasteiger partial charge in [-0.15, -0.1) is 0 Å². The van der Waals surface area contributed by atoms with E-state index in [9.17, 15) is 22.9 Å². The fourth-order valence-corrected chi connectivity index (χ4v) is 3.35. The highest BCUT2D eigenvalue weighted by Crippen LogP contribution is 2.35. The molecule has 0 unspecified atom stereocenters. The minimum atomic E-state index is -3.69. The number of fused-ring (bicyclic) bond motifs is 1. The molecular formula is C13H14FNO8S. The van der Waals surface area contributed by atoms with Crippen LogP contribution in [-0.2, 0) is 23.8 Å². The van der Waals surface area contributed by atoms with Gasteiger partial charge < -0.3 is 14.2 Å². The lowest BCUT2D eigenvalue weighted by molar-refractivity contribution is -0.386. The lowest BCUT2D eigenvalue weighted by Gasteiger charge is -2.18. The number of nitro groups is 1. The monoisotopic (exact) mass is 363 g/mol. The molecular weight excluding hydrogens is 349 g/mol. The lowest BCUT2D eigenvalue weighted by Crippen LogP contribution is -2.36. The van der Waals surface area contributed by atoms with E-state index in [0.29, 0.717) is 0 Å². The van der Waals surface area contributed by atoms with E-state index in [1.54, 1.807) is 0 Å². The van der Waals surface area contributed by atoms with Crippen LogP contribution in [0.4, 0.5) is 10.1 Å². The first kappa shape index (κ1) is 17.0. The molecule has 0 radical (unpaired) electrons. The van der Waals surface area contributed by atoms with Crippen LogP contribution in [0.15, 0.2) is 18.2 Å². The van der Waals surface area contributed by atoms with Crippen molar-refractivity contribution < 1.29 is 36.1 Å². The number of hydrogen-bond acceptors (Lipinski definition) is 8. The molecule has 0 saturated carbocycles. The molecule has 1 aromatic rings. The zero-order chi connectivity index (χ0) is 17.5. The van der Waals surface area contributed by atoms with Crippen molar-refractivity contribution in [3.8, 4) is 5.75 Å². The van der Waals surface area contributed by atoms with Crippen LogP contribution in [0.2, 0.25) is 0 Å². The van der Waals surface area contributed by atoms with Crippen molar-refractivity contribution >= 4 is 15.8 Å². The Bertz CT molecular complexity index is 754. The normalized spacial score (nSPS) is 29.4. The zero-order valence-electron chi connectivity index (χ0n) is 12.5. The predicted octanol–water partition coefficient (Wildman–Crippen LogP) is 0.624. The molecule has 2 fully saturated rings. The van der Waals surface area contributed by atoms with Gasteiger partial charge in [0.2, 0.25) is 0 Å². The Morgan fingerprint density at radius 1 is 1.25 bits per heavy atom. The maximum absolute atomic E-state index is 13.3. The van der Waals surface area contributed by atoms with Gasteiger partial charge in [-0.3, -0.25) is 14.3 Å². The Hall–Kier alpha value is -1.82. The molecule has 0 aliphatic carbocycles. The van der Waals surface area contributed by atoms with E-state index >= 15 is 0 Å². The van der Waals surface area contributed by atoms with Gasteiger partial charge in [-0.2, -0.15) is 8.42 Å². The molecule has 2 saturated heterocycles. The summed E-state index contributed by atoms with van der Waals surface area (Å²) in [6, 6.07) is 2.87. The van der Waals surface area contributed by atoms with Gasteiger partial charge in [0.05, 0.1) is 24.4 Å². The summed E-state index contributed by atoms with van der Waals surface area (Å²) in [5, 5.41) is 11.0. The average molecular weight is 363 g/mol. The van der Waals surface area contributed by atoms with Crippen LogP contribution in [0.25, 0.3) is 0 Å². The largest absolute Gasteiger partial charge is 0.478 e. The Morgan fingerprint density at radius 2 is 1.88 bits per heavy atom.